The summed E-state index contributed by atoms with van der Waals surface area (Å²) in [5.74, 6) is 0.950. The van der Waals surface area contributed by atoms with Crippen molar-refractivity contribution >= 4 is 34.6 Å². The van der Waals surface area contributed by atoms with Crippen molar-refractivity contribution in [2.24, 2.45) is 4.99 Å². The van der Waals surface area contributed by atoms with Crippen LogP contribution in [-0.2, 0) is 12.8 Å². The zero-order chi connectivity index (χ0) is 21.9. The Morgan fingerprint density at radius 2 is 2.03 bits per heavy atom. The minimum Gasteiger partial charge on any atom is -0.353 e. The summed E-state index contributed by atoms with van der Waals surface area (Å²) < 4.78 is 14.9. The lowest BCUT2D eigenvalue weighted by Gasteiger charge is -2.36. The molecule has 3 heterocycles. The molecule has 3 aromatic rings. The average Bonchev–Trinajstić information content (AvgIpc) is 3.12. The van der Waals surface area contributed by atoms with Crippen LogP contribution < -0.4 is 5.32 Å². The van der Waals surface area contributed by atoms with Crippen molar-refractivity contribution in [2.75, 3.05) is 19.6 Å². The van der Waals surface area contributed by atoms with Crippen LogP contribution in [0.3, 0.4) is 0 Å². The van der Waals surface area contributed by atoms with Gasteiger partial charge in [-0.1, -0.05) is 49.4 Å². The molecule has 1 fully saturated rings. The third kappa shape index (κ3) is 4.77. The van der Waals surface area contributed by atoms with Crippen molar-refractivity contribution in [3.05, 3.63) is 76.4 Å². The summed E-state index contributed by atoms with van der Waals surface area (Å²) in [6.45, 7) is 5.03. The predicted molar refractivity (Wildman–Crippen MR) is 133 cm³/mol. The molecule has 3 nitrogen and oxygen atoms in total. The van der Waals surface area contributed by atoms with Gasteiger partial charge in [-0.25, -0.2) is 9.38 Å². The molecule has 5 rings (SSSR count). The first-order chi connectivity index (χ1) is 15.7. The maximum Gasteiger partial charge on any atom is 0.138 e. The molecule has 1 N–H and O–H groups in total. The molecule has 0 aliphatic carbocycles. The Morgan fingerprint density at radius 3 is 2.91 bits per heavy atom. The van der Waals surface area contributed by atoms with Gasteiger partial charge in [-0.3, -0.25) is 0 Å². The number of thiophene rings is 1. The highest BCUT2D eigenvalue weighted by atomic mass is 32.2. The van der Waals surface area contributed by atoms with Crippen molar-refractivity contribution in [1.82, 2.24) is 10.2 Å². The van der Waals surface area contributed by atoms with E-state index < -0.39 is 0 Å². The van der Waals surface area contributed by atoms with Crippen LogP contribution in [0.2, 0.25) is 0 Å². The van der Waals surface area contributed by atoms with E-state index in [0.29, 0.717) is 6.04 Å². The number of benzene rings is 2. The minimum absolute atomic E-state index is 0.155. The van der Waals surface area contributed by atoms with Crippen molar-refractivity contribution < 1.29 is 4.39 Å². The Labute approximate surface area is 197 Å². The van der Waals surface area contributed by atoms with E-state index in [0.717, 1.165) is 62.4 Å². The number of halogens is 1. The van der Waals surface area contributed by atoms with Gasteiger partial charge in [0.05, 0.1) is 9.90 Å². The van der Waals surface area contributed by atoms with Crippen molar-refractivity contribution in [1.29, 1.82) is 0 Å². The fourth-order valence-corrected chi connectivity index (χ4v) is 6.98. The van der Waals surface area contributed by atoms with E-state index in [-0.39, 0.29) is 5.82 Å². The van der Waals surface area contributed by atoms with Gasteiger partial charge >= 0.3 is 0 Å². The molecule has 0 spiro atoms. The number of amidine groups is 1. The average molecular weight is 466 g/mol. The molecule has 0 amide bonds. The summed E-state index contributed by atoms with van der Waals surface area (Å²) in [6, 6.07) is 18.2. The molecule has 32 heavy (non-hydrogen) atoms. The van der Waals surface area contributed by atoms with Gasteiger partial charge < -0.3 is 10.2 Å². The number of aryl methyl sites for hydroxylation is 2. The Bertz CT molecular complexity index is 1120. The maximum atomic E-state index is 13.6. The Hall–Kier alpha value is -2.15. The van der Waals surface area contributed by atoms with Crippen LogP contribution in [0.5, 0.6) is 0 Å². The fraction of sp³-hybridized carbons (Fsp3) is 0.346. The van der Waals surface area contributed by atoms with Crippen LogP contribution in [0.4, 0.5) is 10.1 Å². The number of piperazine rings is 1. The molecule has 1 atom stereocenters. The van der Waals surface area contributed by atoms with Gasteiger partial charge in [0.25, 0.3) is 0 Å². The monoisotopic (exact) mass is 465 g/mol. The molecular formula is C26H28FN3S2. The fourth-order valence-electron chi connectivity index (χ4n) is 4.42. The highest BCUT2D eigenvalue weighted by molar-refractivity contribution is 8.01. The van der Waals surface area contributed by atoms with E-state index in [1.54, 1.807) is 12.1 Å². The second-order valence-electron chi connectivity index (χ2n) is 8.43. The topological polar surface area (TPSA) is 27.6 Å². The quantitative estimate of drug-likeness (QED) is 0.480. The normalized spacial score (nSPS) is 18.0. The lowest BCUT2D eigenvalue weighted by atomic mass is 10.0. The molecule has 166 valence electrons. The van der Waals surface area contributed by atoms with Crippen LogP contribution in [0.1, 0.15) is 35.8 Å². The van der Waals surface area contributed by atoms with Gasteiger partial charge in [-0.05, 0) is 55.2 Å². The Balaban J connectivity index is 1.40. The van der Waals surface area contributed by atoms with Gasteiger partial charge in [-0.15, -0.1) is 11.3 Å². The highest BCUT2D eigenvalue weighted by Crippen LogP contribution is 2.44. The van der Waals surface area contributed by atoms with Crippen LogP contribution in [-0.4, -0.2) is 36.4 Å². The van der Waals surface area contributed by atoms with Crippen LogP contribution in [0, 0.1) is 5.82 Å². The molecule has 1 saturated heterocycles. The smallest absolute Gasteiger partial charge is 0.138 e. The molecule has 2 aliphatic heterocycles. The van der Waals surface area contributed by atoms with Gasteiger partial charge in [-0.2, -0.15) is 0 Å². The van der Waals surface area contributed by atoms with Gasteiger partial charge in [0.15, 0.2) is 0 Å². The number of para-hydroxylation sites is 1. The van der Waals surface area contributed by atoms with Crippen LogP contribution in [0.15, 0.2) is 68.7 Å². The number of rotatable bonds is 5. The van der Waals surface area contributed by atoms with Gasteiger partial charge in [0.1, 0.15) is 11.7 Å². The minimum atomic E-state index is -0.155. The summed E-state index contributed by atoms with van der Waals surface area (Å²) in [5, 5.41) is 3.66. The zero-order valence-corrected chi connectivity index (χ0v) is 19.9. The zero-order valence-electron chi connectivity index (χ0n) is 18.3. The summed E-state index contributed by atoms with van der Waals surface area (Å²) in [7, 11) is 0. The molecule has 1 aromatic heterocycles. The SMILES string of the molecule is CCCc1cc2c(s1)Sc1ccccc1N=C2N1CCNC(CCc2cccc(F)c2)C1. The first-order valence-corrected chi connectivity index (χ1v) is 13.0. The summed E-state index contributed by atoms with van der Waals surface area (Å²) in [6.07, 6.45) is 4.13. The molecular weight excluding hydrogens is 437 g/mol. The van der Waals surface area contributed by atoms with E-state index in [1.165, 1.54) is 25.6 Å². The Kier molecular flexibility index (Phi) is 6.62. The number of nitrogens with one attached hydrogen (secondary N) is 1. The number of hydrogen-bond acceptors (Lipinski definition) is 5. The third-order valence-corrected chi connectivity index (χ3v) is 8.47. The van der Waals surface area contributed by atoms with E-state index >= 15 is 0 Å². The van der Waals surface area contributed by atoms with Crippen molar-refractivity contribution in [2.45, 2.75) is 47.8 Å². The number of nitrogens with zero attached hydrogens (tertiary/aromatic N) is 2. The molecule has 0 saturated carbocycles. The van der Waals surface area contributed by atoms with Gasteiger partial charge in [0, 0.05) is 41.0 Å². The molecule has 2 aliphatic rings. The van der Waals surface area contributed by atoms with E-state index in [4.69, 9.17) is 4.99 Å². The summed E-state index contributed by atoms with van der Waals surface area (Å²) >= 11 is 3.77. The Morgan fingerprint density at radius 1 is 1.12 bits per heavy atom. The molecule has 1 unspecified atom stereocenters. The summed E-state index contributed by atoms with van der Waals surface area (Å²) in [4.78, 5) is 10.3. The van der Waals surface area contributed by atoms with Crippen molar-refractivity contribution in [3.63, 3.8) is 0 Å². The van der Waals surface area contributed by atoms with E-state index in [2.05, 4.69) is 47.5 Å². The first-order valence-electron chi connectivity index (χ1n) is 11.4. The third-order valence-electron chi connectivity index (χ3n) is 6.01. The maximum absolute atomic E-state index is 13.6. The lowest BCUT2D eigenvalue weighted by Crippen LogP contribution is -2.52. The lowest BCUT2D eigenvalue weighted by molar-refractivity contribution is 0.282. The highest BCUT2D eigenvalue weighted by Gasteiger charge is 2.28. The van der Waals surface area contributed by atoms with E-state index in [9.17, 15) is 4.39 Å². The van der Waals surface area contributed by atoms with Crippen LogP contribution >= 0.6 is 23.1 Å². The molecule has 2 aromatic carbocycles. The number of fused-ring (bicyclic) bond motifs is 2. The second-order valence-corrected chi connectivity index (χ2v) is 10.9. The summed E-state index contributed by atoms with van der Waals surface area (Å²) in [5.41, 5.74) is 3.40. The molecule has 0 bridgehead atoms. The van der Waals surface area contributed by atoms with Crippen molar-refractivity contribution in [3.8, 4) is 0 Å². The molecule has 0 radical (unpaired) electrons. The first kappa shape index (κ1) is 21.7. The largest absolute Gasteiger partial charge is 0.353 e. The second kappa shape index (κ2) is 9.77. The van der Waals surface area contributed by atoms with Gasteiger partial charge in [0.2, 0.25) is 0 Å². The van der Waals surface area contributed by atoms with Crippen LogP contribution in [0.25, 0.3) is 0 Å². The number of aliphatic imine (C=N–C) groups is 1. The van der Waals surface area contributed by atoms with E-state index in [1.807, 2.05) is 29.2 Å². The predicted octanol–water partition coefficient (Wildman–Crippen LogP) is 6.29. The standard InChI is InChI=1S/C26H28FN3S2/c1-2-6-21-16-22-25(29-23-9-3-4-10-24(23)32-26(22)31-21)30-14-13-28-20(17-30)12-11-18-7-5-8-19(27)15-18/h3-5,7-10,15-16,20,28H,2,6,11-14,17H2,1H3. The number of hydrogen-bond donors (Lipinski definition) is 1. The molecule has 6 heteroatoms.